The smallest absolute Gasteiger partial charge is 0.323 e. The van der Waals surface area contributed by atoms with Gasteiger partial charge in [-0.15, -0.1) is 0 Å². The predicted octanol–water partition coefficient (Wildman–Crippen LogP) is 1.39. The van der Waals surface area contributed by atoms with E-state index in [9.17, 15) is 9.59 Å². The first kappa shape index (κ1) is 13.6. The minimum Gasteiger partial charge on any atom is -0.480 e. The number of aromatic nitrogens is 2. The normalized spacial score (nSPS) is 10.8. The molecule has 1 N–H and O–H groups in total. The molecule has 0 aliphatic carbocycles. The molecule has 2 rings (SSSR count). The fourth-order valence-corrected chi connectivity index (χ4v) is 2.35. The van der Waals surface area contributed by atoms with E-state index in [1.165, 1.54) is 0 Å². The number of nitrogens with zero attached hydrogens (tertiary/aromatic N) is 2. The van der Waals surface area contributed by atoms with E-state index < -0.39 is 5.97 Å². The molecule has 19 heavy (non-hydrogen) atoms. The van der Waals surface area contributed by atoms with Gasteiger partial charge in [-0.1, -0.05) is 12.1 Å². The van der Waals surface area contributed by atoms with Crippen LogP contribution in [0.2, 0.25) is 0 Å². The molecule has 1 aromatic heterocycles. The van der Waals surface area contributed by atoms with Gasteiger partial charge in [0.15, 0.2) is 0 Å². The van der Waals surface area contributed by atoms with Crippen molar-refractivity contribution in [3.8, 4) is 0 Å². The number of thioether (sulfide) groups is 1. The van der Waals surface area contributed by atoms with Gasteiger partial charge in [0.2, 0.25) is 0 Å². The van der Waals surface area contributed by atoms with Crippen molar-refractivity contribution in [1.29, 1.82) is 0 Å². The summed E-state index contributed by atoms with van der Waals surface area (Å²) in [6.45, 7) is -0.183. The molecule has 2 aromatic rings. The number of carboxylic acid groups (broad SMARTS) is 1. The van der Waals surface area contributed by atoms with Crippen LogP contribution in [-0.4, -0.2) is 32.6 Å². The first-order valence-electron chi connectivity index (χ1n) is 5.82. The maximum absolute atomic E-state index is 11.9. The summed E-state index contributed by atoms with van der Waals surface area (Å²) in [6, 6.07) is 6.96. The first-order valence-corrected chi connectivity index (χ1v) is 7.22. The Labute approximate surface area is 114 Å². The molecule has 1 heterocycles. The molecule has 0 radical (unpaired) electrons. The van der Waals surface area contributed by atoms with Crippen molar-refractivity contribution < 1.29 is 9.90 Å². The summed E-state index contributed by atoms with van der Waals surface area (Å²) >= 11 is 1.63. The highest BCUT2D eigenvalue weighted by molar-refractivity contribution is 7.98. The standard InChI is InChI=1S/C13H14N2O3S/c1-19-7-6-11-14-13(18)9-4-2-3-5-10(9)15(11)8-12(16)17/h2-5H,6-8H2,1H3,(H,16,17). The van der Waals surface area contributed by atoms with E-state index in [1.54, 1.807) is 40.6 Å². The van der Waals surface area contributed by atoms with E-state index in [0.717, 1.165) is 5.75 Å². The van der Waals surface area contributed by atoms with Crippen LogP contribution in [-0.2, 0) is 17.8 Å². The van der Waals surface area contributed by atoms with Crippen LogP contribution in [0.25, 0.3) is 10.9 Å². The molecule has 0 atom stereocenters. The van der Waals surface area contributed by atoms with Gasteiger partial charge in [-0.25, -0.2) is 0 Å². The van der Waals surface area contributed by atoms with Crippen LogP contribution >= 0.6 is 11.8 Å². The highest BCUT2D eigenvalue weighted by atomic mass is 32.2. The molecule has 0 spiro atoms. The molecule has 100 valence electrons. The Morgan fingerprint density at radius 3 is 2.84 bits per heavy atom. The van der Waals surface area contributed by atoms with Gasteiger partial charge >= 0.3 is 5.97 Å². The molecular weight excluding hydrogens is 264 g/mol. The monoisotopic (exact) mass is 278 g/mol. The third kappa shape index (κ3) is 2.96. The van der Waals surface area contributed by atoms with Crippen LogP contribution in [0.3, 0.4) is 0 Å². The Bertz CT molecular complexity index is 666. The predicted molar refractivity (Wildman–Crippen MR) is 75.7 cm³/mol. The average Bonchev–Trinajstić information content (AvgIpc) is 2.40. The summed E-state index contributed by atoms with van der Waals surface area (Å²) in [5.41, 5.74) is 0.328. The number of benzene rings is 1. The lowest BCUT2D eigenvalue weighted by Crippen LogP contribution is -2.22. The molecular formula is C13H14N2O3S. The fraction of sp³-hybridized carbons (Fsp3) is 0.308. The molecule has 1 aromatic carbocycles. The highest BCUT2D eigenvalue weighted by Crippen LogP contribution is 2.12. The minimum atomic E-state index is -0.944. The lowest BCUT2D eigenvalue weighted by atomic mass is 10.2. The largest absolute Gasteiger partial charge is 0.480 e. The van der Waals surface area contributed by atoms with Crippen molar-refractivity contribution in [2.24, 2.45) is 0 Å². The zero-order chi connectivity index (χ0) is 13.8. The number of aliphatic carboxylic acids is 1. The Morgan fingerprint density at radius 2 is 2.16 bits per heavy atom. The molecule has 0 bridgehead atoms. The van der Waals surface area contributed by atoms with Gasteiger partial charge in [-0.05, 0) is 18.4 Å². The molecule has 0 fully saturated rings. The molecule has 0 aliphatic heterocycles. The van der Waals surface area contributed by atoms with Crippen molar-refractivity contribution >= 4 is 28.6 Å². The summed E-state index contributed by atoms with van der Waals surface area (Å²) in [5.74, 6) is 0.381. The van der Waals surface area contributed by atoms with Crippen molar-refractivity contribution in [3.05, 3.63) is 40.4 Å². The zero-order valence-electron chi connectivity index (χ0n) is 10.5. The molecule has 5 nitrogen and oxygen atoms in total. The number of carbonyl (C=O) groups is 1. The second-order valence-electron chi connectivity index (χ2n) is 4.07. The molecule has 6 heteroatoms. The Morgan fingerprint density at radius 1 is 1.42 bits per heavy atom. The molecule has 0 unspecified atom stereocenters. The fourth-order valence-electron chi connectivity index (χ4n) is 1.96. The minimum absolute atomic E-state index is 0.183. The maximum Gasteiger partial charge on any atom is 0.323 e. The number of carboxylic acids is 1. The van der Waals surface area contributed by atoms with Gasteiger partial charge in [0, 0.05) is 12.2 Å². The SMILES string of the molecule is CSCCc1nc(=O)c2ccccc2n1CC(=O)O. The van der Waals surface area contributed by atoms with Crippen LogP contribution in [0.15, 0.2) is 29.1 Å². The molecule has 0 saturated heterocycles. The van der Waals surface area contributed by atoms with Gasteiger partial charge in [0.05, 0.1) is 10.9 Å². The number of hydrogen-bond donors (Lipinski definition) is 1. The Balaban J connectivity index is 2.65. The summed E-state index contributed by atoms with van der Waals surface area (Å²) in [4.78, 5) is 26.9. The lowest BCUT2D eigenvalue weighted by Gasteiger charge is -2.13. The van der Waals surface area contributed by atoms with E-state index in [-0.39, 0.29) is 12.1 Å². The van der Waals surface area contributed by atoms with Crippen molar-refractivity contribution in [2.45, 2.75) is 13.0 Å². The van der Waals surface area contributed by atoms with Crippen LogP contribution in [0.1, 0.15) is 5.82 Å². The number of hydrogen-bond acceptors (Lipinski definition) is 4. The summed E-state index contributed by atoms with van der Waals surface area (Å²) < 4.78 is 1.61. The van der Waals surface area contributed by atoms with Crippen molar-refractivity contribution in [1.82, 2.24) is 9.55 Å². The quantitative estimate of drug-likeness (QED) is 0.894. The van der Waals surface area contributed by atoms with Gasteiger partial charge < -0.3 is 9.67 Å². The number of aryl methyl sites for hydroxylation is 1. The van der Waals surface area contributed by atoms with E-state index in [1.807, 2.05) is 6.26 Å². The van der Waals surface area contributed by atoms with Crippen molar-refractivity contribution in [2.75, 3.05) is 12.0 Å². The van der Waals surface area contributed by atoms with E-state index >= 15 is 0 Å². The number of fused-ring (bicyclic) bond motifs is 1. The summed E-state index contributed by atoms with van der Waals surface area (Å²) in [7, 11) is 0. The van der Waals surface area contributed by atoms with Crippen LogP contribution < -0.4 is 5.56 Å². The molecule has 0 amide bonds. The number of rotatable bonds is 5. The van der Waals surface area contributed by atoms with Crippen LogP contribution in [0.4, 0.5) is 0 Å². The van der Waals surface area contributed by atoms with Gasteiger partial charge in [-0.2, -0.15) is 16.7 Å². The van der Waals surface area contributed by atoms with Crippen LogP contribution in [0, 0.1) is 0 Å². The highest BCUT2D eigenvalue weighted by Gasteiger charge is 2.12. The summed E-state index contributed by atoms with van der Waals surface area (Å²) in [6.07, 6.45) is 2.54. The second kappa shape index (κ2) is 5.88. The maximum atomic E-state index is 11.9. The van der Waals surface area contributed by atoms with E-state index in [0.29, 0.717) is 23.1 Å². The molecule has 0 aliphatic rings. The average molecular weight is 278 g/mol. The van der Waals surface area contributed by atoms with E-state index in [2.05, 4.69) is 4.98 Å². The third-order valence-corrected chi connectivity index (χ3v) is 3.40. The zero-order valence-corrected chi connectivity index (χ0v) is 11.3. The van der Waals surface area contributed by atoms with Gasteiger partial charge in [-0.3, -0.25) is 9.59 Å². The summed E-state index contributed by atoms with van der Waals surface area (Å²) in [5, 5.41) is 9.47. The lowest BCUT2D eigenvalue weighted by molar-refractivity contribution is -0.137. The Kier molecular flexibility index (Phi) is 4.21. The second-order valence-corrected chi connectivity index (χ2v) is 5.06. The first-order chi connectivity index (χ1) is 9.13. The van der Waals surface area contributed by atoms with Gasteiger partial charge in [0.1, 0.15) is 12.4 Å². The van der Waals surface area contributed by atoms with E-state index in [4.69, 9.17) is 5.11 Å². The van der Waals surface area contributed by atoms with Crippen LogP contribution in [0.5, 0.6) is 0 Å². The molecule has 0 saturated carbocycles. The number of para-hydroxylation sites is 1. The third-order valence-electron chi connectivity index (χ3n) is 2.79. The Hall–Kier alpha value is -1.82. The topological polar surface area (TPSA) is 72.2 Å². The van der Waals surface area contributed by atoms with Gasteiger partial charge in [0.25, 0.3) is 5.56 Å². The van der Waals surface area contributed by atoms with Crippen molar-refractivity contribution in [3.63, 3.8) is 0 Å².